The van der Waals surface area contributed by atoms with Gasteiger partial charge >= 0.3 is 0 Å². The van der Waals surface area contributed by atoms with E-state index in [-0.39, 0.29) is 16.3 Å². The minimum atomic E-state index is -3.68. The number of nitrogens with one attached hydrogen (secondary N) is 1. The van der Waals surface area contributed by atoms with Gasteiger partial charge in [-0.15, -0.1) is 0 Å². The predicted molar refractivity (Wildman–Crippen MR) is 103 cm³/mol. The summed E-state index contributed by atoms with van der Waals surface area (Å²) in [6.45, 7) is 5.78. The molecule has 140 valence electrons. The topological polar surface area (TPSA) is 66.5 Å². The maximum absolute atomic E-state index is 13.4. The molecule has 2 aromatic rings. The molecular formula is C18H20BrFN2O3S. The van der Waals surface area contributed by atoms with Crippen molar-refractivity contribution >= 4 is 37.5 Å². The van der Waals surface area contributed by atoms with E-state index in [1.807, 2.05) is 0 Å². The molecule has 0 aliphatic heterocycles. The fourth-order valence-corrected chi connectivity index (χ4v) is 4.38. The number of benzene rings is 2. The Hall–Kier alpha value is -1.77. The maximum atomic E-state index is 13.4. The number of carbonyl (C=O) groups is 1. The normalized spacial score (nSPS) is 11.6. The average Bonchev–Trinajstić information content (AvgIpc) is 2.59. The van der Waals surface area contributed by atoms with Crippen LogP contribution in [0.1, 0.15) is 29.8 Å². The molecule has 0 fully saturated rings. The standard InChI is InChI=1S/C18H20BrFN2O3S/c1-4-22(5-2)26(24,25)14-7-8-16(19)15(11-14)18(23)21-13-6-9-17(20)12(3)10-13/h6-11H,4-5H2,1-3H3,(H,21,23). The molecule has 0 bridgehead atoms. The fraction of sp³-hybridized carbons (Fsp3) is 0.278. The van der Waals surface area contributed by atoms with Gasteiger partial charge in [-0.25, -0.2) is 12.8 Å². The van der Waals surface area contributed by atoms with Gasteiger partial charge in [-0.1, -0.05) is 13.8 Å². The van der Waals surface area contributed by atoms with Gasteiger partial charge in [-0.2, -0.15) is 4.31 Å². The molecule has 0 unspecified atom stereocenters. The lowest BCUT2D eigenvalue weighted by Crippen LogP contribution is -2.30. The molecule has 8 heteroatoms. The summed E-state index contributed by atoms with van der Waals surface area (Å²) >= 11 is 3.28. The molecular weight excluding hydrogens is 423 g/mol. The van der Waals surface area contributed by atoms with E-state index in [1.165, 1.54) is 40.7 Å². The number of hydrogen-bond donors (Lipinski definition) is 1. The third-order valence-electron chi connectivity index (χ3n) is 3.94. The number of rotatable bonds is 6. The zero-order valence-corrected chi connectivity index (χ0v) is 17.1. The van der Waals surface area contributed by atoms with Gasteiger partial charge in [0.25, 0.3) is 5.91 Å². The molecule has 0 atom stereocenters. The summed E-state index contributed by atoms with van der Waals surface area (Å²) in [5.41, 5.74) is 1.01. The van der Waals surface area contributed by atoms with Gasteiger partial charge in [-0.3, -0.25) is 4.79 Å². The van der Waals surface area contributed by atoms with E-state index in [4.69, 9.17) is 0 Å². The summed E-state index contributed by atoms with van der Waals surface area (Å²) in [7, 11) is -3.68. The lowest BCUT2D eigenvalue weighted by molar-refractivity contribution is 0.102. The largest absolute Gasteiger partial charge is 0.322 e. The summed E-state index contributed by atoms with van der Waals surface area (Å²) in [5, 5.41) is 2.66. The SMILES string of the molecule is CCN(CC)S(=O)(=O)c1ccc(Br)c(C(=O)Nc2ccc(F)c(C)c2)c1. The van der Waals surface area contributed by atoms with Crippen LogP contribution in [0.5, 0.6) is 0 Å². The van der Waals surface area contributed by atoms with Crippen molar-refractivity contribution in [2.75, 3.05) is 18.4 Å². The van der Waals surface area contributed by atoms with Crippen LogP contribution in [-0.4, -0.2) is 31.7 Å². The van der Waals surface area contributed by atoms with E-state index in [1.54, 1.807) is 20.8 Å². The first kappa shape index (κ1) is 20.5. The van der Waals surface area contributed by atoms with Crippen molar-refractivity contribution in [2.45, 2.75) is 25.7 Å². The highest BCUT2D eigenvalue weighted by Gasteiger charge is 2.23. The van der Waals surface area contributed by atoms with E-state index in [0.717, 1.165) is 0 Å². The molecule has 0 spiro atoms. The Balaban J connectivity index is 2.37. The minimum Gasteiger partial charge on any atom is -0.322 e. The molecule has 1 N–H and O–H groups in total. The second-order valence-electron chi connectivity index (χ2n) is 5.65. The third-order valence-corrected chi connectivity index (χ3v) is 6.68. The first-order valence-electron chi connectivity index (χ1n) is 8.07. The van der Waals surface area contributed by atoms with Crippen LogP contribution >= 0.6 is 15.9 Å². The van der Waals surface area contributed by atoms with Gasteiger partial charge in [0.2, 0.25) is 10.0 Å². The Morgan fingerprint density at radius 3 is 2.38 bits per heavy atom. The summed E-state index contributed by atoms with van der Waals surface area (Å²) in [5.74, 6) is -0.851. The highest BCUT2D eigenvalue weighted by atomic mass is 79.9. The summed E-state index contributed by atoms with van der Waals surface area (Å²) in [6.07, 6.45) is 0. The Morgan fingerprint density at radius 1 is 1.15 bits per heavy atom. The van der Waals surface area contributed by atoms with Crippen molar-refractivity contribution in [3.63, 3.8) is 0 Å². The van der Waals surface area contributed by atoms with Crippen molar-refractivity contribution in [2.24, 2.45) is 0 Å². The van der Waals surface area contributed by atoms with Crippen LogP contribution in [0.3, 0.4) is 0 Å². The molecule has 0 aromatic heterocycles. The highest BCUT2D eigenvalue weighted by molar-refractivity contribution is 9.10. The van der Waals surface area contributed by atoms with Crippen LogP contribution < -0.4 is 5.32 Å². The second-order valence-corrected chi connectivity index (χ2v) is 8.44. The molecule has 0 aliphatic rings. The zero-order chi connectivity index (χ0) is 19.5. The van der Waals surface area contributed by atoms with E-state index in [0.29, 0.717) is 28.8 Å². The van der Waals surface area contributed by atoms with Crippen LogP contribution in [0.15, 0.2) is 45.8 Å². The van der Waals surface area contributed by atoms with Gasteiger partial charge < -0.3 is 5.32 Å². The molecule has 0 saturated heterocycles. The number of amides is 1. The van der Waals surface area contributed by atoms with Crippen LogP contribution in [0.4, 0.5) is 10.1 Å². The number of halogens is 2. The van der Waals surface area contributed by atoms with E-state index >= 15 is 0 Å². The maximum Gasteiger partial charge on any atom is 0.256 e. The molecule has 0 aliphatic carbocycles. The molecule has 2 aromatic carbocycles. The van der Waals surface area contributed by atoms with Crippen molar-refractivity contribution < 1.29 is 17.6 Å². The van der Waals surface area contributed by atoms with Crippen molar-refractivity contribution in [1.82, 2.24) is 4.31 Å². The third kappa shape index (κ3) is 4.31. The summed E-state index contributed by atoms with van der Waals surface area (Å²) < 4.78 is 40.5. The van der Waals surface area contributed by atoms with Crippen molar-refractivity contribution in [1.29, 1.82) is 0 Å². The quantitative estimate of drug-likeness (QED) is 0.729. The fourth-order valence-electron chi connectivity index (χ4n) is 2.47. The summed E-state index contributed by atoms with van der Waals surface area (Å²) in [6, 6.07) is 8.55. The zero-order valence-electron chi connectivity index (χ0n) is 14.7. The van der Waals surface area contributed by atoms with Gasteiger partial charge in [-0.05, 0) is 64.8 Å². The Bertz CT molecular complexity index is 928. The number of nitrogens with zero attached hydrogens (tertiary/aromatic N) is 1. The number of aryl methyl sites for hydroxylation is 1. The lowest BCUT2D eigenvalue weighted by atomic mass is 10.2. The molecule has 1 amide bonds. The number of anilines is 1. The monoisotopic (exact) mass is 442 g/mol. The first-order valence-corrected chi connectivity index (χ1v) is 10.3. The molecule has 0 radical (unpaired) electrons. The van der Waals surface area contributed by atoms with E-state index in [2.05, 4.69) is 21.2 Å². The second kappa shape index (κ2) is 8.28. The Morgan fingerprint density at radius 2 is 1.81 bits per heavy atom. The molecule has 26 heavy (non-hydrogen) atoms. The molecule has 5 nitrogen and oxygen atoms in total. The van der Waals surface area contributed by atoms with Gasteiger partial charge in [0.1, 0.15) is 5.82 Å². The van der Waals surface area contributed by atoms with E-state index < -0.39 is 15.9 Å². The predicted octanol–water partition coefficient (Wildman–Crippen LogP) is 4.18. The number of carbonyl (C=O) groups excluding carboxylic acids is 1. The Labute approximate surface area is 161 Å². The van der Waals surface area contributed by atoms with E-state index in [9.17, 15) is 17.6 Å². The van der Waals surface area contributed by atoms with Gasteiger partial charge in [0, 0.05) is 23.2 Å². The summed E-state index contributed by atoms with van der Waals surface area (Å²) in [4.78, 5) is 12.6. The van der Waals surface area contributed by atoms with Gasteiger partial charge in [0.15, 0.2) is 0 Å². The first-order chi connectivity index (χ1) is 12.2. The number of hydrogen-bond acceptors (Lipinski definition) is 3. The lowest BCUT2D eigenvalue weighted by Gasteiger charge is -2.19. The molecule has 0 heterocycles. The Kier molecular flexibility index (Phi) is 6.54. The average molecular weight is 443 g/mol. The molecule has 2 rings (SSSR count). The van der Waals surface area contributed by atoms with Crippen LogP contribution in [0.2, 0.25) is 0 Å². The smallest absolute Gasteiger partial charge is 0.256 e. The molecule has 0 saturated carbocycles. The number of sulfonamides is 1. The van der Waals surface area contributed by atoms with Crippen molar-refractivity contribution in [3.8, 4) is 0 Å². The van der Waals surface area contributed by atoms with Crippen molar-refractivity contribution in [3.05, 3.63) is 57.8 Å². The van der Waals surface area contributed by atoms with Crippen LogP contribution in [-0.2, 0) is 10.0 Å². The minimum absolute atomic E-state index is 0.0461. The van der Waals surface area contributed by atoms with Crippen LogP contribution in [0.25, 0.3) is 0 Å². The van der Waals surface area contributed by atoms with Crippen LogP contribution in [0, 0.1) is 12.7 Å². The highest BCUT2D eigenvalue weighted by Crippen LogP contribution is 2.25. The van der Waals surface area contributed by atoms with Gasteiger partial charge in [0.05, 0.1) is 10.5 Å².